The summed E-state index contributed by atoms with van der Waals surface area (Å²) in [4.78, 5) is 39.7. The smallest absolute Gasteiger partial charge is 0.270 e. The standard InChI is InChI=1S/C24H20N4O4S/c29-22(26-23(30)18-9-6-10-19(15-18)28(31)32)16-33-24-25-20-11-4-5-12-21(20)27(24)14-13-17-7-2-1-3-8-17/h1-12,15H,13-14,16H2,(H,26,29,30). The number of nitrogens with zero attached hydrogens (tertiary/aromatic N) is 3. The average molecular weight is 461 g/mol. The van der Waals surface area contributed by atoms with E-state index in [1.807, 2.05) is 42.5 Å². The van der Waals surface area contributed by atoms with Crippen LogP contribution in [-0.2, 0) is 17.8 Å². The molecule has 0 spiro atoms. The first-order chi connectivity index (χ1) is 16.0. The highest BCUT2D eigenvalue weighted by Gasteiger charge is 2.16. The number of imide groups is 1. The summed E-state index contributed by atoms with van der Waals surface area (Å²) < 4.78 is 2.07. The van der Waals surface area contributed by atoms with Crippen LogP contribution in [-0.4, -0.2) is 32.0 Å². The summed E-state index contributed by atoms with van der Waals surface area (Å²) in [5.41, 5.74) is 2.85. The number of non-ortho nitro benzene ring substituents is 1. The maximum Gasteiger partial charge on any atom is 0.270 e. The van der Waals surface area contributed by atoms with Crippen molar-refractivity contribution >= 4 is 40.3 Å². The Bertz CT molecular complexity index is 1320. The molecule has 0 unspecified atom stereocenters. The van der Waals surface area contributed by atoms with Crippen molar-refractivity contribution in [2.24, 2.45) is 0 Å². The predicted octanol–water partition coefficient (Wildman–Crippen LogP) is 4.24. The molecule has 1 heterocycles. The van der Waals surface area contributed by atoms with Gasteiger partial charge in [0.05, 0.1) is 21.7 Å². The van der Waals surface area contributed by atoms with E-state index < -0.39 is 16.7 Å². The lowest BCUT2D eigenvalue weighted by Crippen LogP contribution is -2.31. The van der Waals surface area contributed by atoms with E-state index in [1.54, 1.807) is 0 Å². The van der Waals surface area contributed by atoms with Gasteiger partial charge in [0.1, 0.15) is 0 Å². The Morgan fingerprint density at radius 1 is 1.00 bits per heavy atom. The molecule has 8 nitrogen and oxygen atoms in total. The number of amides is 2. The maximum atomic E-state index is 12.4. The summed E-state index contributed by atoms with van der Waals surface area (Å²) in [6.45, 7) is 0.696. The van der Waals surface area contributed by atoms with Gasteiger partial charge < -0.3 is 4.57 Å². The molecule has 0 saturated carbocycles. The second kappa shape index (κ2) is 10.1. The Kier molecular flexibility index (Phi) is 6.80. The second-order valence-corrected chi connectivity index (χ2v) is 8.19. The van der Waals surface area contributed by atoms with Gasteiger partial charge in [-0.1, -0.05) is 60.3 Å². The number of benzene rings is 3. The number of hydrogen-bond acceptors (Lipinski definition) is 6. The molecule has 1 aromatic heterocycles. The number of hydrogen-bond donors (Lipinski definition) is 1. The molecule has 9 heteroatoms. The zero-order valence-corrected chi connectivity index (χ0v) is 18.3. The summed E-state index contributed by atoms with van der Waals surface area (Å²) in [5.74, 6) is -1.20. The Balaban J connectivity index is 1.44. The molecule has 0 bridgehead atoms. The van der Waals surface area contributed by atoms with E-state index in [0.717, 1.165) is 23.5 Å². The molecule has 0 aliphatic heterocycles. The molecule has 1 N–H and O–H groups in total. The van der Waals surface area contributed by atoms with Crippen molar-refractivity contribution in [3.05, 3.63) is 100 Å². The highest BCUT2D eigenvalue weighted by atomic mass is 32.2. The quantitative estimate of drug-likeness (QED) is 0.239. The van der Waals surface area contributed by atoms with Crippen LogP contribution < -0.4 is 5.32 Å². The molecule has 2 amide bonds. The Labute approximate surface area is 193 Å². The molecular weight excluding hydrogens is 440 g/mol. The topological polar surface area (TPSA) is 107 Å². The number of para-hydroxylation sites is 2. The van der Waals surface area contributed by atoms with Crippen molar-refractivity contribution in [3.8, 4) is 0 Å². The fourth-order valence-corrected chi connectivity index (χ4v) is 4.23. The van der Waals surface area contributed by atoms with Gasteiger partial charge in [0, 0.05) is 24.2 Å². The maximum absolute atomic E-state index is 12.4. The zero-order chi connectivity index (χ0) is 23.2. The van der Waals surface area contributed by atoms with Gasteiger partial charge in [-0.25, -0.2) is 4.98 Å². The van der Waals surface area contributed by atoms with Crippen molar-refractivity contribution in [1.29, 1.82) is 0 Å². The van der Waals surface area contributed by atoms with Gasteiger partial charge in [0.25, 0.3) is 11.6 Å². The number of fused-ring (bicyclic) bond motifs is 1. The minimum atomic E-state index is -0.679. The van der Waals surface area contributed by atoms with E-state index in [1.165, 1.54) is 35.5 Å². The highest BCUT2D eigenvalue weighted by Crippen LogP contribution is 2.24. The molecule has 3 aromatic carbocycles. The van der Waals surface area contributed by atoms with Gasteiger partial charge in [-0.15, -0.1) is 0 Å². The van der Waals surface area contributed by atoms with Crippen molar-refractivity contribution in [1.82, 2.24) is 14.9 Å². The van der Waals surface area contributed by atoms with Crippen molar-refractivity contribution in [2.45, 2.75) is 18.1 Å². The van der Waals surface area contributed by atoms with Gasteiger partial charge in [-0.3, -0.25) is 25.0 Å². The molecule has 4 aromatic rings. The monoisotopic (exact) mass is 460 g/mol. The van der Waals surface area contributed by atoms with Crippen LogP contribution in [0.1, 0.15) is 15.9 Å². The summed E-state index contributed by atoms with van der Waals surface area (Å²) in [6, 6.07) is 23.1. The number of aryl methyl sites for hydroxylation is 2. The average Bonchev–Trinajstić information content (AvgIpc) is 3.19. The largest absolute Gasteiger partial charge is 0.319 e. The van der Waals surface area contributed by atoms with Crippen LogP contribution in [0.4, 0.5) is 5.69 Å². The minimum Gasteiger partial charge on any atom is -0.319 e. The SMILES string of the molecule is O=C(CSc1nc2ccccc2n1CCc1ccccc1)NC(=O)c1cccc([N+](=O)[O-])c1. The van der Waals surface area contributed by atoms with E-state index in [2.05, 4.69) is 27.0 Å². The molecule has 0 fully saturated rings. The minimum absolute atomic E-state index is 0.0185. The van der Waals surface area contributed by atoms with E-state index in [9.17, 15) is 19.7 Å². The van der Waals surface area contributed by atoms with E-state index in [0.29, 0.717) is 11.7 Å². The lowest BCUT2D eigenvalue weighted by molar-refractivity contribution is -0.384. The van der Waals surface area contributed by atoms with E-state index >= 15 is 0 Å². The fourth-order valence-electron chi connectivity index (χ4n) is 3.39. The number of aromatic nitrogens is 2. The van der Waals surface area contributed by atoms with Crippen molar-refractivity contribution in [2.75, 3.05) is 5.75 Å². The summed E-state index contributed by atoms with van der Waals surface area (Å²) in [6.07, 6.45) is 0.812. The number of imidazole rings is 1. The number of nitro benzene ring substituents is 1. The normalized spacial score (nSPS) is 10.8. The highest BCUT2D eigenvalue weighted by molar-refractivity contribution is 7.99. The zero-order valence-electron chi connectivity index (χ0n) is 17.5. The van der Waals surface area contributed by atoms with Crippen LogP contribution in [0.3, 0.4) is 0 Å². The summed E-state index contributed by atoms with van der Waals surface area (Å²) in [7, 11) is 0. The predicted molar refractivity (Wildman–Crippen MR) is 126 cm³/mol. The molecule has 0 atom stereocenters. The summed E-state index contributed by atoms with van der Waals surface area (Å²) >= 11 is 1.24. The Morgan fingerprint density at radius 2 is 1.76 bits per heavy atom. The molecule has 4 rings (SSSR count). The number of nitrogens with one attached hydrogen (secondary N) is 1. The molecule has 0 aliphatic rings. The second-order valence-electron chi connectivity index (χ2n) is 7.24. The van der Waals surface area contributed by atoms with Crippen LogP contribution >= 0.6 is 11.8 Å². The van der Waals surface area contributed by atoms with Gasteiger partial charge in [-0.2, -0.15) is 0 Å². The van der Waals surface area contributed by atoms with Crippen LogP contribution in [0.25, 0.3) is 11.0 Å². The molecule has 0 aliphatic carbocycles. The van der Waals surface area contributed by atoms with Gasteiger partial charge in [-0.05, 0) is 30.2 Å². The van der Waals surface area contributed by atoms with Crippen LogP contribution in [0.2, 0.25) is 0 Å². The molecular formula is C24H20N4O4S. The van der Waals surface area contributed by atoms with Gasteiger partial charge in [0.2, 0.25) is 5.91 Å². The Morgan fingerprint density at radius 3 is 2.55 bits per heavy atom. The van der Waals surface area contributed by atoms with E-state index in [4.69, 9.17) is 0 Å². The van der Waals surface area contributed by atoms with Crippen molar-refractivity contribution < 1.29 is 14.5 Å². The van der Waals surface area contributed by atoms with Crippen LogP contribution in [0.5, 0.6) is 0 Å². The van der Waals surface area contributed by atoms with Gasteiger partial charge >= 0.3 is 0 Å². The fraction of sp³-hybridized carbons (Fsp3) is 0.125. The lowest BCUT2D eigenvalue weighted by Gasteiger charge is -2.09. The molecule has 166 valence electrons. The van der Waals surface area contributed by atoms with Gasteiger partial charge in [0.15, 0.2) is 5.16 Å². The van der Waals surface area contributed by atoms with Crippen molar-refractivity contribution in [3.63, 3.8) is 0 Å². The number of carbonyl (C=O) groups is 2. The number of rotatable bonds is 8. The first-order valence-electron chi connectivity index (χ1n) is 10.2. The first-order valence-corrected chi connectivity index (χ1v) is 11.2. The third kappa shape index (κ3) is 5.45. The number of nitro groups is 1. The summed E-state index contributed by atoms with van der Waals surface area (Å²) in [5, 5.41) is 13.9. The number of thioether (sulfide) groups is 1. The molecule has 0 radical (unpaired) electrons. The molecule has 0 saturated heterocycles. The number of carbonyl (C=O) groups excluding carboxylic acids is 2. The van der Waals surface area contributed by atoms with E-state index in [-0.39, 0.29) is 17.0 Å². The van der Waals surface area contributed by atoms with Crippen LogP contribution in [0.15, 0.2) is 84.0 Å². The lowest BCUT2D eigenvalue weighted by atomic mass is 10.1. The first kappa shape index (κ1) is 22.2. The Hall–Kier alpha value is -3.98. The third-order valence-corrected chi connectivity index (χ3v) is 5.97. The third-order valence-electron chi connectivity index (χ3n) is 4.99. The molecule has 33 heavy (non-hydrogen) atoms. The van der Waals surface area contributed by atoms with Crippen LogP contribution in [0, 0.1) is 10.1 Å².